The van der Waals surface area contributed by atoms with Crippen molar-refractivity contribution in [3.05, 3.63) is 164 Å². The molecule has 224 valence electrons. The first-order valence-electron chi connectivity index (χ1n) is 16.2. The van der Waals surface area contributed by atoms with E-state index in [0.29, 0.717) is 0 Å². The van der Waals surface area contributed by atoms with Crippen molar-refractivity contribution < 1.29 is 0 Å². The Bertz CT molecular complexity index is 2830. The Morgan fingerprint density at radius 3 is 1.98 bits per heavy atom. The molecule has 0 fully saturated rings. The average Bonchev–Trinajstić information content (AvgIpc) is 3.71. The van der Waals surface area contributed by atoms with E-state index in [2.05, 4.69) is 162 Å². The van der Waals surface area contributed by atoms with E-state index in [1.54, 1.807) is 0 Å². The second-order valence-corrected chi connectivity index (χ2v) is 13.2. The minimum absolute atomic E-state index is 0.730. The third-order valence-corrected chi connectivity index (χ3v) is 10.7. The number of hydrogen-bond donors (Lipinski definition) is 0. The van der Waals surface area contributed by atoms with E-state index < -0.39 is 0 Å². The fourth-order valence-corrected chi connectivity index (χ4v) is 8.60. The van der Waals surface area contributed by atoms with Crippen LogP contribution < -0.4 is 0 Å². The van der Waals surface area contributed by atoms with Crippen LogP contribution in [-0.2, 0) is 0 Å². The van der Waals surface area contributed by atoms with Gasteiger partial charge in [0.05, 0.1) is 22.2 Å². The summed E-state index contributed by atoms with van der Waals surface area (Å²) in [6.45, 7) is 0. The van der Waals surface area contributed by atoms with Crippen LogP contribution in [-0.4, -0.2) is 14.5 Å². The number of fused-ring (bicyclic) bond motifs is 8. The standard InChI is InChI=1S/C44H27N3S/c1-3-13-28(14-4-1)29-15-11-16-30(27-29)44-45-37-23-9-7-19-34(37)41(46-44)36-22-12-21-32-33-25-26-39-40(43(33)48-42(32)36)35-20-8-10-24-38(35)47(39)31-17-5-2-6-18-31/h1-27H. The molecule has 0 aliphatic carbocycles. The lowest BCUT2D eigenvalue weighted by Gasteiger charge is -2.11. The highest BCUT2D eigenvalue weighted by Crippen LogP contribution is 2.46. The van der Waals surface area contributed by atoms with Crippen LogP contribution in [0.25, 0.3) is 92.3 Å². The second-order valence-electron chi connectivity index (χ2n) is 12.2. The number of para-hydroxylation sites is 3. The van der Waals surface area contributed by atoms with Crippen molar-refractivity contribution >= 4 is 64.2 Å². The molecule has 10 aromatic rings. The molecule has 0 radical (unpaired) electrons. The quantitative estimate of drug-likeness (QED) is 0.194. The Labute approximate surface area is 281 Å². The number of benzene rings is 7. The Balaban J connectivity index is 1.23. The molecule has 48 heavy (non-hydrogen) atoms. The maximum Gasteiger partial charge on any atom is 0.160 e. The molecule has 0 spiro atoms. The van der Waals surface area contributed by atoms with Crippen molar-refractivity contribution in [2.75, 3.05) is 0 Å². The first kappa shape index (κ1) is 27.1. The van der Waals surface area contributed by atoms with E-state index in [9.17, 15) is 0 Å². The van der Waals surface area contributed by atoms with Gasteiger partial charge in [-0.3, -0.25) is 0 Å². The molecule has 3 nitrogen and oxygen atoms in total. The van der Waals surface area contributed by atoms with Crippen LogP contribution in [0, 0.1) is 0 Å². The Morgan fingerprint density at radius 1 is 0.438 bits per heavy atom. The summed E-state index contributed by atoms with van der Waals surface area (Å²) in [5, 5.41) is 6.14. The maximum absolute atomic E-state index is 5.34. The maximum atomic E-state index is 5.34. The monoisotopic (exact) mass is 629 g/mol. The average molecular weight is 630 g/mol. The summed E-state index contributed by atoms with van der Waals surface area (Å²) in [5.74, 6) is 0.730. The van der Waals surface area contributed by atoms with Gasteiger partial charge < -0.3 is 4.57 Å². The minimum Gasteiger partial charge on any atom is -0.309 e. The Kier molecular flexibility index (Phi) is 6.05. The predicted molar refractivity (Wildman–Crippen MR) is 203 cm³/mol. The van der Waals surface area contributed by atoms with Crippen LogP contribution in [0.3, 0.4) is 0 Å². The molecule has 0 unspecified atom stereocenters. The summed E-state index contributed by atoms with van der Waals surface area (Å²) >= 11 is 1.87. The lowest BCUT2D eigenvalue weighted by atomic mass is 10.0. The van der Waals surface area contributed by atoms with Crippen LogP contribution in [0.2, 0.25) is 0 Å². The van der Waals surface area contributed by atoms with Gasteiger partial charge in [0.1, 0.15) is 0 Å². The Hall–Kier alpha value is -6.10. The van der Waals surface area contributed by atoms with Gasteiger partial charge in [-0.2, -0.15) is 0 Å². The molecule has 3 heterocycles. The number of nitrogens with zero attached hydrogens (tertiary/aromatic N) is 3. The van der Waals surface area contributed by atoms with Crippen LogP contribution in [0.4, 0.5) is 0 Å². The molecule has 0 N–H and O–H groups in total. The highest BCUT2D eigenvalue weighted by molar-refractivity contribution is 7.27. The summed E-state index contributed by atoms with van der Waals surface area (Å²) in [4.78, 5) is 10.4. The zero-order chi connectivity index (χ0) is 31.6. The zero-order valence-electron chi connectivity index (χ0n) is 25.8. The van der Waals surface area contributed by atoms with Gasteiger partial charge in [-0.1, -0.05) is 127 Å². The summed E-state index contributed by atoms with van der Waals surface area (Å²) in [6.07, 6.45) is 0. The van der Waals surface area contributed by atoms with E-state index >= 15 is 0 Å². The molecule has 0 bridgehead atoms. The number of rotatable bonds is 4. The fraction of sp³-hybridized carbons (Fsp3) is 0. The highest BCUT2D eigenvalue weighted by Gasteiger charge is 2.20. The first-order chi connectivity index (χ1) is 23.8. The van der Waals surface area contributed by atoms with Crippen LogP contribution in [0.15, 0.2) is 164 Å². The van der Waals surface area contributed by atoms with E-state index in [-0.39, 0.29) is 0 Å². The van der Waals surface area contributed by atoms with Gasteiger partial charge in [-0.05, 0) is 47.5 Å². The molecule has 0 saturated carbocycles. The van der Waals surface area contributed by atoms with Gasteiger partial charge in [0, 0.05) is 53.1 Å². The summed E-state index contributed by atoms with van der Waals surface area (Å²) in [5.41, 5.74) is 9.96. The first-order valence-corrected chi connectivity index (χ1v) is 17.0. The summed E-state index contributed by atoms with van der Waals surface area (Å²) < 4.78 is 4.93. The molecule has 4 heteroatoms. The van der Waals surface area contributed by atoms with Gasteiger partial charge in [0.25, 0.3) is 0 Å². The third kappa shape index (κ3) is 4.13. The molecule has 0 amide bonds. The van der Waals surface area contributed by atoms with Crippen molar-refractivity contribution in [1.82, 2.24) is 14.5 Å². The Morgan fingerprint density at radius 2 is 1.10 bits per heavy atom. The third-order valence-electron chi connectivity index (χ3n) is 9.40. The van der Waals surface area contributed by atoms with Crippen molar-refractivity contribution in [3.63, 3.8) is 0 Å². The van der Waals surface area contributed by atoms with Crippen LogP contribution in [0.5, 0.6) is 0 Å². The van der Waals surface area contributed by atoms with Crippen molar-refractivity contribution in [1.29, 1.82) is 0 Å². The van der Waals surface area contributed by atoms with E-state index in [1.807, 2.05) is 17.4 Å². The van der Waals surface area contributed by atoms with Gasteiger partial charge in [0.15, 0.2) is 5.82 Å². The second kappa shape index (κ2) is 10.7. The molecule has 7 aromatic carbocycles. The predicted octanol–water partition coefficient (Wildman–Crippen LogP) is 12.1. The van der Waals surface area contributed by atoms with E-state index in [1.165, 1.54) is 53.2 Å². The molecular weight excluding hydrogens is 603 g/mol. The number of thiophene rings is 1. The van der Waals surface area contributed by atoms with Crippen molar-refractivity contribution in [3.8, 4) is 39.5 Å². The molecule has 0 saturated heterocycles. The van der Waals surface area contributed by atoms with Crippen LogP contribution in [0.1, 0.15) is 0 Å². The molecule has 0 aliphatic rings. The molecular formula is C44H27N3S. The summed E-state index contributed by atoms with van der Waals surface area (Å²) in [6, 6.07) is 58.1. The minimum atomic E-state index is 0.730. The lowest BCUT2D eigenvalue weighted by molar-refractivity contribution is 1.18. The van der Waals surface area contributed by atoms with E-state index in [0.717, 1.165) is 39.1 Å². The van der Waals surface area contributed by atoms with Gasteiger partial charge in [0.2, 0.25) is 0 Å². The molecule has 0 aliphatic heterocycles. The topological polar surface area (TPSA) is 30.7 Å². The summed E-state index contributed by atoms with van der Waals surface area (Å²) in [7, 11) is 0. The van der Waals surface area contributed by atoms with Crippen molar-refractivity contribution in [2.24, 2.45) is 0 Å². The van der Waals surface area contributed by atoms with Crippen molar-refractivity contribution in [2.45, 2.75) is 0 Å². The van der Waals surface area contributed by atoms with Gasteiger partial charge in [-0.25, -0.2) is 9.97 Å². The number of aromatic nitrogens is 3. The number of hydrogen-bond acceptors (Lipinski definition) is 3. The fourth-order valence-electron chi connectivity index (χ4n) is 7.23. The largest absolute Gasteiger partial charge is 0.309 e. The molecule has 10 rings (SSSR count). The SMILES string of the molecule is c1ccc(-c2cccc(-c3nc(-c4cccc5c4sc4c5ccc5c4c4ccccc4n5-c4ccccc4)c4ccccc4n3)c2)cc1. The molecule has 3 aromatic heterocycles. The molecule has 0 atom stereocenters. The zero-order valence-corrected chi connectivity index (χ0v) is 26.7. The highest BCUT2D eigenvalue weighted by atomic mass is 32.1. The van der Waals surface area contributed by atoms with Gasteiger partial charge in [-0.15, -0.1) is 11.3 Å². The lowest BCUT2D eigenvalue weighted by Crippen LogP contribution is -1.95. The van der Waals surface area contributed by atoms with Gasteiger partial charge >= 0.3 is 0 Å². The normalized spacial score (nSPS) is 11.8. The van der Waals surface area contributed by atoms with Crippen LogP contribution >= 0.6 is 11.3 Å². The smallest absolute Gasteiger partial charge is 0.160 e. The van der Waals surface area contributed by atoms with E-state index in [4.69, 9.17) is 9.97 Å².